The normalized spacial score (nSPS) is 26.8. The molecule has 2 aliphatic heterocycles. The number of aryl methyl sites for hydroxylation is 1. The Hall–Kier alpha value is -2.04. The van der Waals surface area contributed by atoms with Crippen LogP contribution in [0.15, 0.2) is 18.2 Å². The van der Waals surface area contributed by atoms with Crippen molar-refractivity contribution in [3.8, 4) is 5.75 Å². The second-order valence-corrected chi connectivity index (χ2v) is 8.65. The van der Waals surface area contributed by atoms with Crippen molar-refractivity contribution in [2.24, 2.45) is 5.41 Å². The lowest BCUT2D eigenvalue weighted by Gasteiger charge is -2.44. The fraction of sp³-hybridized carbons (Fsp3) is 0.636. The topological polar surface area (TPSA) is 60.9 Å². The number of aromatic hydroxyl groups is 1. The van der Waals surface area contributed by atoms with E-state index in [4.69, 9.17) is 0 Å². The molecule has 5 heteroatoms. The molecule has 1 spiro atoms. The highest BCUT2D eigenvalue weighted by molar-refractivity contribution is 5.96. The number of carbonyl (C=O) groups excluding carboxylic acids is 2. The van der Waals surface area contributed by atoms with E-state index in [0.717, 1.165) is 38.6 Å². The van der Waals surface area contributed by atoms with Gasteiger partial charge < -0.3 is 14.9 Å². The molecule has 1 N–H and O–H groups in total. The summed E-state index contributed by atoms with van der Waals surface area (Å²) in [6.45, 7) is 3.86. The molecule has 1 atom stereocenters. The third-order valence-corrected chi connectivity index (χ3v) is 6.87. The lowest BCUT2D eigenvalue weighted by atomic mass is 9.77. The van der Waals surface area contributed by atoms with Crippen LogP contribution >= 0.6 is 0 Å². The van der Waals surface area contributed by atoms with Crippen molar-refractivity contribution < 1.29 is 14.7 Å². The highest BCUT2D eigenvalue weighted by atomic mass is 16.3. The van der Waals surface area contributed by atoms with Crippen LogP contribution in [0.5, 0.6) is 5.75 Å². The van der Waals surface area contributed by atoms with Gasteiger partial charge in [-0.3, -0.25) is 9.59 Å². The Morgan fingerprint density at radius 1 is 1.11 bits per heavy atom. The van der Waals surface area contributed by atoms with Crippen LogP contribution in [0.4, 0.5) is 0 Å². The fourth-order valence-corrected chi connectivity index (χ4v) is 5.24. The molecule has 0 unspecified atom stereocenters. The largest absolute Gasteiger partial charge is 0.508 e. The number of hydrogen-bond acceptors (Lipinski definition) is 3. The zero-order valence-corrected chi connectivity index (χ0v) is 16.2. The summed E-state index contributed by atoms with van der Waals surface area (Å²) in [5.41, 5.74) is 0.916. The Labute approximate surface area is 161 Å². The lowest BCUT2D eigenvalue weighted by Crippen LogP contribution is -2.54. The van der Waals surface area contributed by atoms with Gasteiger partial charge in [0.1, 0.15) is 5.75 Å². The number of hydrogen-bond donors (Lipinski definition) is 1. The number of likely N-dealkylation sites (tertiary alicyclic amines) is 2. The Kier molecular flexibility index (Phi) is 4.87. The SMILES string of the molecule is Cc1cc(C(=O)N2CC[C@]3(CCCN(C4CCCCC4)C3=O)C2)ccc1O. The average Bonchev–Trinajstić information content (AvgIpc) is 3.11. The van der Waals surface area contributed by atoms with Crippen molar-refractivity contribution >= 4 is 11.8 Å². The maximum atomic E-state index is 13.4. The molecule has 1 aliphatic carbocycles. The summed E-state index contributed by atoms with van der Waals surface area (Å²) >= 11 is 0. The third-order valence-electron chi connectivity index (χ3n) is 6.87. The summed E-state index contributed by atoms with van der Waals surface area (Å²) in [4.78, 5) is 30.3. The molecule has 27 heavy (non-hydrogen) atoms. The van der Waals surface area contributed by atoms with E-state index >= 15 is 0 Å². The summed E-state index contributed by atoms with van der Waals surface area (Å²) in [7, 11) is 0. The number of benzene rings is 1. The van der Waals surface area contributed by atoms with Gasteiger partial charge >= 0.3 is 0 Å². The molecule has 5 nitrogen and oxygen atoms in total. The van der Waals surface area contributed by atoms with E-state index < -0.39 is 0 Å². The Morgan fingerprint density at radius 2 is 1.89 bits per heavy atom. The van der Waals surface area contributed by atoms with Gasteiger partial charge in [0.25, 0.3) is 5.91 Å². The van der Waals surface area contributed by atoms with Gasteiger partial charge in [-0.05, 0) is 62.8 Å². The molecule has 0 bridgehead atoms. The third kappa shape index (κ3) is 3.32. The quantitative estimate of drug-likeness (QED) is 0.867. The predicted octanol–water partition coefficient (Wildman–Crippen LogP) is 3.49. The van der Waals surface area contributed by atoms with Crippen LogP contribution < -0.4 is 0 Å². The van der Waals surface area contributed by atoms with E-state index in [1.165, 1.54) is 19.3 Å². The standard InChI is InChI=1S/C22H30N2O3/c1-16-14-17(8-9-19(16)25)20(26)23-13-11-22(15-23)10-5-12-24(21(22)27)18-6-3-2-4-7-18/h8-9,14,18,25H,2-7,10-13,15H2,1H3/t22-/m1/s1. The van der Waals surface area contributed by atoms with E-state index in [1.54, 1.807) is 25.1 Å². The number of phenols is 1. The van der Waals surface area contributed by atoms with Gasteiger partial charge in [0.15, 0.2) is 0 Å². The molecular weight excluding hydrogens is 340 g/mol. The van der Waals surface area contributed by atoms with Crippen molar-refractivity contribution in [1.82, 2.24) is 9.80 Å². The van der Waals surface area contributed by atoms with Crippen LogP contribution in [0, 0.1) is 12.3 Å². The first-order valence-corrected chi connectivity index (χ1v) is 10.4. The first-order valence-electron chi connectivity index (χ1n) is 10.4. The highest BCUT2D eigenvalue weighted by Gasteiger charge is 2.50. The van der Waals surface area contributed by atoms with Crippen LogP contribution in [-0.2, 0) is 4.79 Å². The monoisotopic (exact) mass is 370 g/mol. The second-order valence-electron chi connectivity index (χ2n) is 8.65. The fourth-order valence-electron chi connectivity index (χ4n) is 5.24. The van der Waals surface area contributed by atoms with Crippen molar-refractivity contribution in [3.63, 3.8) is 0 Å². The number of carbonyl (C=O) groups is 2. The van der Waals surface area contributed by atoms with Crippen LogP contribution in [-0.4, -0.2) is 52.4 Å². The summed E-state index contributed by atoms with van der Waals surface area (Å²) in [6, 6.07) is 5.39. The first-order chi connectivity index (χ1) is 13.0. The molecule has 1 aromatic rings. The number of rotatable bonds is 2. The minimum atomic E-state index is -0.378. The average molecular weight is 370 g/mol. The summed E-state index contributed by atoms with van der Waals surface area (Å²) < 4.78 is 0. The number of piperidine rings is 1. The van der Waals surface area contributed by atoms with E-state index in [1.807, 2.05) is 4.90 Å². The maximum absolute atomic E-state index is 13.4. The molecule has 4 rings (SSSR count). The smallest absolute Gasteiger partial charge is 0.253 e. The number of amides is 2. The van der Waals surface area contributed by atoms with Gasteiger partial charge in [-0.2, -0.15) is 0 Å². The highest BCUT2D eigenvalue weighted by Crippen LogP contribution is 2.42. The predicted molar refractivity (Wildman–Crippen MR) is 104 cm³/mol. The number of nitrogens with zero attached hydrogens (tertiary/aromatic N) is 2. The van der Waals surface area contributed by atoms with Gasteiger partial charge in [0, 0.05) is 31.2 Å². The summed E-state index contributed by atoms with van der Waals surface area (Å²) in [6.07, 6.45) is 8.74. The van der Waals surface area contributed by atoms with E-state index in [-0.39, 0.29) is 23.0 Å². The van der Waals surface area contributed by atoms with Crippen molar-refractivity contribution in [1.29, 1.82) is 0 Å². The Morgan fingerprint density at radius 3 is 2.63 bits per heavy atom. The molecular formula is C22H30N2O3. The lowest BCUT2D eigenvalue weighted by molar-refractivity contribution is -0.149. The Balaban J connectivity index is 1.49. The van der Waals surface area contributed by atoms with Gasteiger partial charge in [-0.1, -0.05) is 19.3 Å². The molecule has 0 radical (unpaired) electrons. The van der Waals surface area contributed by atoms with Crippen LogP contribution in [0.3, 0.4) is 0 Å². The molecule has 146 valence electrons. The van der Waals surface area contributed by atoms with Crippen LogP contribution in [0.25, 0.3) is 0 Å². The van der Waals surface area contributed by atoms with Gasteiger partial charge in [-0.15, -0.1) is 0 Å². The zero-order chi connectivity index (χ0) is 19.0. The van der Waals surface area contributed by atoms with Crippen LogP contribution in [0.2, 0.25) is 0 Å². The van der Waals surface area contributed by atoms with Crippen molar-refractivity contribution in [3.05, 3.63) is 29.3 Å². The zero-order valence-electron chi connectivity index (χ0n) is 16.2. The Bertz CT molecular complexity index is 741. The molecule has 1 aromatic carbocycles. The molecule has 3 fully saturated rings. The molecule has 2 heterocycles. The second kappa shape index (κ2) is 7.17. The van der Waals surface area contributed by atoms with E-state index in [2.05, 4.69) is 4.90 Å². The maximum Gasteiger partial charge on any atom is 0.253 e. The molecule has 0 aromatic heterocycles. The van der Waals surface area contributed by atoms with Gasteiger partial charge in [-0.25, -0.2) is 0 Å². The van der Waals surface area contributed by atoms with Crippen LogP contribution in [0.1, 0.15) is 67.3 Å². The molecule has 2 saturated heterocycles. The summed E-state index contributed by atoms with van der Waals surface area (Å²) in [5, 5.41) is 9.70. The van der Waals surface area contributed by atoms with Crippen molar-refractivity contribution in [2.45, 2.75) is 64.3 Å². The first kappa shape index (κ1) is 18.3. The van der Waals surface area contributed by atoms with E-state index in [0.29, 0.717) is 30.3 Å². The molecule has 3 aliphatic rings. The number of phenolic OH excluding ortho intramolecular Hbond substituents is 1. The van der Waals surface area contributed by atoms with Gasteiger partial charge in [0.2, 0.25) is 5.91 Å². The minimum absolute atomic E-state index is 0.0300. The van der Waals surface area contributed by atoms with Crippen molar-refractivity contribution in [2.75, 3.05) is 19.6 Å². The molecule has 2 amide bonds. The molecule has 1 saturated carbocycles. The summed E-state index contributed by atoms with van der Waals surface area (Å²) in [5.74, 6) is 0.463. The minimum Gasteiger partial charge on any atom is -0.508 e. The van der Waals surface area contributed by atoms with Gasteiger partial charge in [0.05, 0.1) is 5.41 Å². The van der Waals surface area contributed by atoms with E-state index in [9.17, 15) is 14.7 Å².